The van der Waals surface area contributed by atoms with Gasteiger partial charge in [-0.05, 0) is 12.1 Å². The largest absolute Gasteiger partial charge is 0.469 e. The van der Waals surface area contributed by atoms with Gasteiger partial charge in [0.05, 0.1) is 20.1 Å². The summed E-state index contributed by atoms with van der Waals surface area (Å²) < 4.78 is 9.52. The molecule has 0 radical (unpaired) electrons. The molecule has 110 valence electrons. The Balaban J connectivity index is 2.75. The molecule has 0 saturated carbocycles. The smallest absolute Gasteiger partial charge is 0.307 e. The molecule has 0 saturated heterocycles. The molecule has 0 bridgehead atoms. The third-order valence-corrected chi connectivity index (χ3v) is 2.81. The molecule has 7 heteroatoms. The lowest BCUT2D eigenvalue weighted by Crippen LogP contribution is -2.36. The monoisotopic (exact) mass is 300 g/mol. The van der Waals surface area contributed by atoms with Crippen LogP contribution in [-0.4, -0.2) is 55.7 Å². The Bertz CT molecular complexity index is 467. The molecule has 0 aliphatic carbocycles. The highest BCUT2D eigenvalue weighted by Gasteiger charge is 2.18. The number of pyridine rings is 1. The Hall–Kier alpha value is -1.66. The standard InChI is InChI=1S/C13H17ClN2O4/c1-19-9-8-16(7-6-12(17)20-2)13(18)10-4-3-5-11(14)15-10/h3-5H,6-9H2,1-2H3. The first-order valence-corrected chi connectivity index (χ1v) is 6.44. The first kappa shape index (κ1) is 16.4. The van der Waals surface area contributed by atoms with Crippen molar-refractivity contribution in [2.24, 2.45) is 0 Å². The first-order valence-electron chi connectivity index (χ1n) is 6.06. The zero-order chi connectivity index (χ0) is 15.0. The number of carbonyl (C=O) groups is 2. The second-order valence-electron chi connectivity index (χ2n) is 3.96. The number of esters is 1. The Morgan fingerprint density at radius 1 is 1.30 bits per heavy atom. The maximum atomic E-state index is 12.3. The van der Waals surface area contributed by atoms with Crippen LogP contribution in [0.15, 0.2) is 18.2 Å². The fourth-order valence-electron chi connectivity index (χ4n) is 1.53. The van der Waals surface area contributed by atoms with Gasteiger partial charge in [-0.15, -0.1) is 0 Å². The van der Waals surface area contributed by atoms with Gasteiger partial charge in [0.2, 0.25) is 0 Å². The molecule has 0 N–H and O–H groups in total. The van der Waals surface area contributed by atoms with Gasteiger partial charge in [-0.25, -0.2) is 4.98 Å². The van der Waals surface area contributed by atoms with Gasteiger partial charge in [-0.2, -0.15) is 0 Å². The molecule has 0 unspecified atom stereocenters. The van der Waals surface area contributed by atoms with Gasteiger partial charge in [0.25, 0.3) is 5.91 Å². The van der Waals surface area contributed by atoms with Crippen LogP contribution >= 0.6 is 11.6 Å². The normalized spacial score (nSPS) is 10.2. The Kier molecular flexibility index (Phi) is 6.97. The van der Waals surface area contributed by atoms with Crippen molar-refractivity contribution in [3.63, 3.8) is 0 Å². The number of halogens is 1. The first-order chi connectivity index (χ1) is 9.58. The number of hydrogen-bond donors (Lipinski definition) is 0. The number of hydrogen-bond acceptors (Lipinski definition) is 5. The Morgan fingerprint density at radius 3 is 2.65 bits per heavy atom. The predicted molar refractivity (Wildman–Crippen MR) is 73.7 cm³/mol. The molecule has 0 spiro atoms. The molecular weight excluding hydrogens is 284 g/mol. The summed E-state index contributed by atoms with van der Waals surface area (Å²) in [5, 5.41) is 0.246. The SMILES string of the molecule is COCCN(CCC(=O)OC)C(=O)c1cccc(Cl)n1. The van der Waals surface area contributed by atoms with Crippen molar-refractivity contribution in [2.75, 3.05) is 33.9 Å². The highest BCUT2D eigenvalue weighted by Crippen LogP contribution is 2.08. The van der Waals surface area contributed by atoms with Crippen molar-refractivity contribution >= 4 is 23.5 Å². The minimum atomic E-state index is -0.376. The van der Waals surface area contributed by atoms with Crippen molar-refractivity contribution in [3.05, 3.63) is 29.0 Å². The van der Waals surface area contributed by atoms with Crippen molar-refractivity contribution in [1.82, 2.24) is 9.88 Å². The summed E-state index contributed by atoms with van der Waals surface area (Å²) in [6, 6.07) is 4.82. The molecule has 1 aromatic rings. The summed E-state index contributed by atoms with van der Waals surface area (Å²) in [4.78, 5) is 28.9. The lowest BCUT2D eigenvalue weighted by atomic mass is 10.3. The van der Waals surface area contributed by atoms with E-state index in [1.165, 1.54) is 12.0 Å². The van der Waals surface area contributed by atoms with Crippen LogP contribution in [0, 0.1) is 0 Å². The van der Waals surface area contributed by atoms with E-state index in [9.17, 15) is 9.59 Å². The molecule has 0 fully saturated rings. The van der Waals surface area contributed by atoms with E-state index >= 15 is 0 Å². The van der Waals surface area contributed by atoms with Crippen molar-refractivity contribution in [2.45, 2.75) is 6.42 Å². The zero-order valence-electron chi connectivity index (χ0n) is 11.5. The number of carbonyl (C=O) groups excluding carboxylic acids is 2. The van der Waals surface area contributed by atoms with Crippen LogP contribution in [0.1, 0.15) is 16.9 Å². The lowest BCUT2D eigenvalue weighted by molar-refractivity contribution is -0.140. The molecule has 0 atom stereocenters. The summed E-state index contributed by atoms with van der Waals surface area (Å²) in [5.74, 6) is -0.673. The molecule has 6 nitrogen and oxygen atoms in total. The van der Waals surface area contributed by atoms with Crippen LogP contribution in [0.5, 0.6) is 0 Å². The number of ether oxygens (including phenoxy) is 2. The fourth-order valence-corrected chi connectivity index (χ4v) is 1.70. The van der Waals surface area contributed by atoms with Gasteiger partial charge in [0, 0.05) is 20.2 Å². The molecule has 0 aliphatic rings. The van der Waals surface area contributed by atoms with E-state index in [2.05, 4.69) is 9.72 Å². The van der Waals surface area contributed by atoms with E-state index in [1.807, 2.05) is 0 Å². The maximum Gasteiger partial charge on any atom is 0.307 e. The van der Waals surface area contributed by atoms with E-state index in [4.69, 9.17) is 16.3 Å². The van der Waals surface area contributed by atoms with Gasteiger partial charge in [-0.3, -0.25) is 9.59 Å². The predicted octanol–water partition coefficient (Wildman–Crippen LogP) is 1.39. The van der Waals surface area contributed by atoms with Gasteiger partial charge in [-0.1, -0.05) is 17.7 Å². The number of methoxy groups -OCH3 is 2. The highest BCUT2D eigenvalue weighted by molar-refractivity contribution is 6.29. The average Bonchev–Trinajstić information content (AvgIpc) is 2.46. The van der Waals surface area contributed by atoms with E-state index in [0.717, 1.165) is 0 Å². The maximum absolute atomic E-state index is 12.3. The van der Waals surface area contributed by atoms with Crippen LogP contribution in [-0.2, 0) is 14.3 Å². The second kappa shape index (κ2) is 8.50. The number of aromatic nitrogens is 1. The van der Waals surface area contributed by atoms with Crippen LogP contribution in [0.4, 0.5) is 0 Å². The van der Waals surface area contributed by atoms with E-state index in [0.29, 0.717) is 13.2 Å². The van der Waals surface area contributed by atoms with Gasteiger partial charge < -0.3 is 14.4 Å². The van der Waals surface area contributed by atoms with Crippen LogP contribution < -0.4 is 0 Å². The Morgan fingerprint density at radius 2 is 2.05 bits per heavy atom. The fraction of sp³-hybridized carbons (Fsp3) is 0.462. The average molecular weight is 301 g/mol. The number of nitrogens with zero attached hydrogens (tertiary/aromatic N) is 2. The van der Waals surface area contributed by atoms with Gasteiger partial charge in [0.1, 0.15) is 10.8 Å². The number of rotatable bonds is 7. The molecule has 1 rings (SSSR count). The lowest BCUT2D eigenvalue weighted by Gasteiger charge is -2.21. The summed E-state index contributed by atoms with van der Waals surface area (Å²) in [5.41, 5.74) is 0.235. The van der Waals surface area contributed by atoms with Gasteiger partial charge >= 0.3 is 5.97 Å². The zero-order valence-corrected chi connectivity index (χ0v) is 12.2. The third-order valence-electron chi connectivity index (χ3n) is 2.60. The van der Waals surface area contributed by atoms with Crippen LogP contribution in [0.25, 0.3) is 0 Å². The summed E-state index contributed by atoms with van der Waals surface area (Å²) >= 11 is 5.77. The molecular formula is C13H17ClN2O4. The molecule has 20 heavy (non-hydrogen) atoms. The Labute approximate surface area is 122 Å². The second-order valence-corrected chi connectivity index (χ2v) is 4.34. The quantitative estimate of drug-likeness (QED) is 0.562. The minimum Gasteiger partial charge on any atom is -0.469 e. The third kappa shape index (κ3) is 5.14. The molecule has 0 aromatic carbocycles. The molecule has 1 heterocycles. The topological polar surface area (TPSA) is 68.7 Å². The van der Waals surface area contributed by atoms with Crippen molar-refractivity contribution in [3.8, 4) is 0 Å². The van der Waals surface area contributed by atoms with Crippen molar-refractivity contribution < 1.29 is 19.1 Å². The van der Waals surface area contributed by atoms with Crippen LogP contribution in [0.2, 0.25) is 5.15 Å². The van der Waals surface area contributed by atoms with Crippen molar-refractivity contribution in [1.29, 1.82) is 0 Å². The molecule has 1 aromatic heterocycles. The van der Waals surface area contributed by atoms with E-state index in [-0.39, 0.29) is 35.7 Å². The van der Waals surface area contributed by atoms with E-state index < -0.39 is 0 Å². The molecule has 1 amide bonds. The van der Waals surface area contributed by atoms with E-state index in [1.54, 1.807) is 25.3 Å². The minimum absolute atomic E-state index is 0.118. The number of amides is 1. The highest BCUT2D eigenvalue weighted by atomic mass is 35.5. The van der Waals surface area contributed by atoms with Gasteiger partial charge in [0.15, 0.2) is 0 Å². The van der Waals surface area contributed by atoms with Crippen LogP contribution in [0.3, 0.4) is 0 Å². The summed E-state index contributed by atoms with van der Waals surface area (Å²) in [7, 11) is 2.85. The molecule has 0 aliphatic heterocycles. The summed E-state index contributed by atoms with van der Waals surface area (Å²) in [6.07, 6.45) is 0.118. The summed E-state index contributed by atoms with van der Waals surface area (Å²) in [6.45, 7) is 0.969.